The summed E-state index contributed by atoms with van der Waals surface area (Å²) in [7, 11) is 2.68. The molecule has 0 fully saturated rings. The zero-order valence-corrected chi connectivity index (χ0v) is 16.6. The number of benzene rings is 1. The van der Waals surface area contributed by atoms with Crippen LogP contribution in [0.2, 0.25) is 5.02 Å². The molecule has 3 aromatic heterocycles. The summed E-state index contributed by atoms with van der Waals surface area (Å²) in [5.74, 6) is -2.07. The van der Waals surface area contributed by atoms with Gasteiger partial charge in [-0.05, 0) is 18.2 Å². The first kappa shape index (κ1) is 19.0. The molecule has 3 heterocycles. The molecular weight excluding hydrogens is 422 g/mol. The number of ether oxygens (including phenoxy) is 1. The van der Waals surface area contributed by atoms with Gasteiger partial charge in [0, 0.05) is 22.8 Å². The molecule has 0 saturated carbocycles. The number of fused-ring (bicyclic) bond motifs is 2. The Hall–Kier alpha value is -3.37. The standard InChI is InChI=1S/C18H12ClN3O6S/c1-21-10-4-3-7(19)5-8(10)12(13(21)16(24)25)22-15(23)11-9(20-18(22)27)6-29-14(11)17(26)28-2/h3-6H,1-2H3,(H,20,27)(H,24,25). The SMILES string of the molecule is COC(=O)c1scc2[nH]c(=O)n(-c3c(C(=O)O)n(C)c4ccc(Cl)cc34)c(=O)c12. The zero-order valence-electron chi connectivity index (χ0n) is 15.0. The van der Waals surface area contributed by atoms with Gasteiger partial charge in [0.15, 0.2) is 5.69 Å². The van der Waals surface area contributed by atoms with Gasteiger partial charge in [-0.2, -0.15) is 0 Å². The van der Waals surface area contributed by atoms with Crippen LogP contribution in [-0.2, 0) is 11.8 Å². The number of carboxylic acid groups (broad SMARTS) is 1. The van der Waals surface area contributed by atoms with Gasteiger partial charge in [0.05, 0.1) is 29.2 Å². The van der Waals surface area contributed by atoms with Crippen LogP contribution in [0.15, 0.2) is 33.2 Å². The Morgan fingerprint density at radius 1 is 1.28 bits per heavy atom. The first-order valence-electron chi connectivity index (χ1n) is 8.12. The molecule has 0 aliphatic heterocycles. The number of thiophene rings is 1. The number of aromatic amines is 1. The van der Waals surface area contributed by atoms with Crippen molar-refractivity contribution in [3.05, 3.63) is 60.0 Å². The number of aryl methyl sites for hydroxylation is 1. The number of nitrogens with one attached hydrogen (secondary N) is 1. The molecule has 0 amide bonds. The predicted molar refractivity (Wildman–Crippen MR) is 108 cm³/mol. The van der Waals surface area contributed by atoms with Crippen LogP contribution in [0.1, 0.15) is 20.2 Å². The molecule has 0 aliphatic carbocycles. The lowest BCUT2D eigenvalue weighted by Crippen LogP contribution is -2.35. The van der Waals surface area contributed by atoms with E-state index in [0.29, 0.717) is 20.5 Å². The van der Waals surface area contributed by atoms with E-state index in [2.05, 4.69) is 4.98 Å². The third-order valence-electron chi connectivity index (χ3n) is 4.58. The molecule has 11 heteroatoms. The van der Waals surface area contributed by atoms with Crippen molar-refractivity contribution in [3.8, 4) is 5.69 Å². The van der Waals surface area contributed by atoms with Crippen molar-refractivity contribution in [1.29, 1.82) is 0 Å². The Kier molecular flexibility index (Phi) is 4.32. The van der Waals surface area contributed by atoms with Gasteiger partial charge in [0.1, 0.15) is 4.88 Å². The second-order valence-electron chi connectivity index (χ2n) is 6.14. The minimum Gasteiger partial charge on any atom is -0.477 e. The Morgan fingerprint density at radius 3 is 2.66 bits per heavy atom. The van der Waals surface area contributed by atoms with E-state index in [1.807, 2.05) is 0 Å². The number of aromatic carboxylic acids is 1. The van der Waals surface area contributed by atoms with E-state index in [0.717, 1.165) is 11.3 Å². The van der Waals surface area contributed by atoms with Crippen molar-refractivity contribution in [2.75, 3.05) is 7.11 Å². The van der Waals surface area contributed by atoms with Crippen molar-refractivity contribution in [2.24, 2.45) is 7.05 Å². The van der Waals surface area contributed by atoms with Gasteiger partial charge < -0.3 is 19.4 Å². The van der Waals surface area contributed by atoms with Crippen LogP contribution in [0.4, 0.5) is 0 Å². The molecule has 4 rings (SSSR count). The largest absolute Gasteiger partial charge is 0.477 e. The summed E-state index contributed by atoms with van der Waals surface area (Å²) in [4.78, 5) is 52.6. The summed E-state index contributed by atoms with van der Waals surface area (Å²) in [5, 5.41) is 11.8. The molecule has 2 N–H and O–H groups in total. The molecule has 0 bridgehead atoms. The van der Waals surface area contributed by atoms with Crippen LogP contribution in [0, 0.1) is 0 Å². The maximum atomic E-state index is 13.3. The molecule has 9 nitrogen and oxygen atoms in total. The van der Waals surface area contributed by atoms with Crippen LogP contribution in [0.25, 0.3) is 27.5 Å². The number of halogens is 1. The Morgan fingerprint density at radius 2 is 2.00 bits per heavy atom. The number of carbonyl (C=O) groups is 2. The fraction of sp³-hybridized carbons (Fsp3) is 0.111. The second kappa shape index (κ2) is 6.61. The molecule has 0 unspecified atom stereocenters. The smallest absolute Gasteiger partial charge is 0.354 e. The van der Waals surface area contributed by atoms with Gasteiger partial charge in [-0.15, -0.1) is 11.3 Å². The van der Waals surface area contributed by atoms with E-state index >= 15 is 0 Å². The summed E-state index contributed by atoms with van der Waals surface area (Å²) in [6.07, 6.45) is 0. The predicted octanol–water partition coefficient (Wildman–Crippen LogP) is 2.37. The van der Waals surface area contributed by atoms with E-state index < -0.39 is 23.2 Å². The lowest BCUT2D eigenvalue weighted by molar-refractivity contribution is 0.0607. The summed E-state index contributed by atoms with van der Waals surface area (Å²) < 4.78 is 6.77. The van der Waals surface area contributed by atoms with Gasteiger partial charge >= 0.3 is 17.6 Å². The molecule has 1 aromatic carbocycles. The first-order valence-corrected chi connectivity index (χ1v) is 9.38. The van der Waals surface area contributed by atoms with Gasteiger partial charge in [-0.25, -0.2) is 19.0 Å². The highest BCUT2D eigenvalue weighted by Crippen LogP contribution is 2.30. The number of methoxy groups -OCH3 is 1. The second-order valence-corrected chi connectivity index (χ2v) is 7.45. The van der Waals surface area contributed by atoms with Crippen LogP contribution in [0.5, 0.6) is 0 Å². The van der Waals surface area contributed by atoms with E-state index in [1.54, 1.807) is 12.1 Å². The van der Waals surface area contributed by atoms with Crippen LogP contribution in [0.3, 0.4) is 0 Å². The summed E-state index contributed by atoms with van der Waals surface area (Å²) >= 11 is 7.02. The molecule has 0 aliphatic rings. The third-order valence-corrected chi connectivity index (χ3v) is 5.78. The fourth-order valence-corrected chi connectivity index (χ4v) is 4.43. The number of nitrogens with zero attached hydrogens (tertiary/aromatic N) is 2. The molecule has 0 radical (unpaired) electrons. The Balaban J connectivity index is 2.23. The van der Waals surface area contributed by atoms with Crippen LogP contribution < -0.4 is 11.2 Å². The molecule has 0 atom stereocenters. The highest BCUT2D eigenvalue weighted by molar-refractivity contribution is 7.13. The molecular formula is C18H12ClN3O6S. The van der Waals surface area contributed by atoms with E-state index in [-0.39, 0.29) is 27.2 Å². The number of H-pyrrole nitrogens is 1. The molecule has 4 aromatic rings. The number of aromatic nitrogens is 3. The number of hydrogen-bond acceptors (Lipinski definition) is 6. The minimum absolute atomic E-state index is 0.00708. The summed E-state index contributed by atoms with van der Waals surface area (Å²) in [6.45, 7) is 0. The maximum Gasteiger partial charge on any atom is 0.354 e. The van der Waals surface area contributed by atoms with Crippen molar-refractivity contribution in [3.63, 3.8) is 0 Å². The van der Waals surface area contributed by atoms with Crippen LogP contribution >= 0.6 is 22.9 Å². The first-order chi connectivity index (χ1) is 13.8. The van der Waals surface area contributed by atoms with Gasteiger partial charge in [0.25, 0.3) is 5.56 Å². The Bertz CT molecular complexity index is 1460. The average molecular weight is 434 g/mol. The molecule has 29 heavy (non-hydrogen) atoms. The number of rotatable bonds is 3. The van der Waals surface area contributed by atoms with E-state index in [4.69, 9.17) is 16.3 Å². The van der Waals surface area contributed by atoms with E-state index in [9.17, 15) is 24.3 Å². The van der Waals surface area contributed by atoms with Crippen LogP contribution in [-0.4, -0.2) is 38.3 Å². The van der Waals surface area contributed by atoms with Gasteiger partial charge in [-0.3, -0.25) is 4.79 Å². The van der Waals surface area contributed by atoms with Crippen molar-refractivity contribution < 1.29 is 19.4 Å². The van der Waals surface area contributed by atoms with Crippen molar-refractivity contribution >= 4 is 56.7 Å². The van der Waals surface area contributed by atoms with Crippen molar-refractivity contribution in [2.45, 2.75) is 0 Å². The number of carbonyl (C=O) groups excluding carboxylic acids is 1. The zero-order chi connectivity index (χ0) is 21.0. The monoisotopic (exact) mass is 433 g/mol. The van der Waals surface area contributed by atoms with E-state index in [1.165, 1.54) is 30.2 Å². The lowest BCUT2D eigenvalue weighted by Gasteiger charge is -2.07. The highest BCUT2D eigenvalue weighted by atomic mass is 35.5. The summed E-state index contributed by atoms with van der Waals surface area (Å²) in [5.41, 5.74) is -1.45. The number of esters is 1. The van der Waals surface area contributed by atoms with Crippen molar-refractivity contribution in [1.82, 2.24) is 14.1 Å². The molecule has 148 valence electrons. The molecule has 0 saturated heterocycles. The average Bonchev–Trinajstić information content (AvgIpc) is 3.20. The van der Waals surface area contributed by atoms with Gasteiger partial charge in [-0.1, -0.05) is 11.6 Å². The lowest BCUT2D eigenvalue weighted by atomic mass is 10.2. The quantitative estimate of drug-likeness (QED) is 0.478. The number of hydrogen-bond donors (Lipinski definition) is 2. The third kappa shape index (κ3) is 2.68. The van der Waals surface area contributed by atoms with Gasteiger partial charge in [0.2, 0.25) is 0 Å². The fourth-order valence-electron chi connectivity index (χ4n) is 3.35. The highest BCUT2D eigenvalue weighted by Gasteiger charge is 2.27. The summed E-state index contributed by atoms with van der Waals surface area (Å²) in [6, 6.07) is 4.64. The topological polar surface area (TPSA) is 123 Å². The normalized spacial score (nSPS) is 11.3. The maximum absolute atomic E-state index is 13.3. The molecule has 0 spiro atoms. The minimum atomic E-state index is -1.33. The Labute approximate surface area is 170 Å². The number of carboxylic acids is 1.